The fraction of sp³-hybridized carbons (Fsp3) is 0.148. The summed E-state index contributed by atoms with van der Waals surface area (Å²) in [5.74, 6) is -0.0918. The molecule has 0 bridgehead atoms. The van der Waals surface area contributed by atoms with E-state index in [0.717, 1.165) is 57.3 Å². The summed E-state index contributed by atoms with van der Waals surface area (Å²) in [5.41, 5.74) is 6.43. The van der Waals surface area contributed by atoms with Crippen molar-refractivity contribution in [3.05, 3.63) is 91.6 Å². The third kappa shape index (κ3) is 6.22. The molecule has 0 saturated heterocycles. The maximum absolute atomic E-state index is 10.1. The summed E-state index contributed by atoms with van der Waals surface area (Å²) in [6, 6.07) is 18.7. The lowest BCUT2D eigenvalue weighted by Crippen LogP contribution is -2.00. The zero-order valence-electron chi connectivity index (χ0n) is 18.8. The summed E-state index contributed by atoms with van der Waals surface area (Å²) in [6.07, 6.45) is 4.12. The normalized spacial score (nSPS) is 13.1. The van der Waals surface area contributed by atoms with E-state index in [1.165, 1.54) is 16.0 Å². The number of hydrogen-bond acceptors (Lipinski definition) is 6. The van der Waals surface area contributed by atoms with E-state index >= 15 is 0 Å². The van der Waals surface area contributed by atoms with Gasteiger partial charge in [0.15, 0.2) is 0 Å². The van der Waals surface area contributed by atoms with Gasteiger partial charge in [0.05, 0.1) is 11.3 Å². The van der Waals surface area contributed by atoms with E-state index in [0.29, 0.717) is 5.56 Å². The van der Waals surface area contributed by atoms with Crippen LogP contribution in [0.25, 0.3) is 22.1 Å². The van der Waals surface area contributed by atoms with Crippen molar-refractivity contribution in [2.45, 2.75) is 30.5 Å². The predicted octanol–water partition coefficient (Wildman–Crippen LogP) is 8.27. The molecular weight excluding hydrogens is 516 g/mol. The number of aliphatic carboxylic acids is 1. The van der Waals surface area contributed by atoms with E-state index in [1.54, 1.807) is 34.4 Å². The Morgan fingerprint density at radius 2 is 1.89 bits per heavy atom. The molecule has 0 amide bonds. The Kier molecular flexibility index (Phi) is 8.42. The summed E-state index contributed by atoms with van der Waals surface area (Å²) < 4.78 is 0. The number of rotatable bonds is 5. The standard InChI is InChI=1S/C25H17ClN2S3.C2H4O2/c26-18-8-5-16(6-9-18)15-31-25-21(14-27)23(22-4-2-12-30-22)20-10-7-17(24(20)28-25)13-19-3-1-11-29-19;1-2(3)4/h1-6,8-9,11-13H,7,10,15H2;1H3,(H,3,4)/b17-13-;. The third-order valence-corrected chi connectivity index (χ3v) is 8.25. The molecule has 1 aromatic carbocycles. The number of aromatic nitrogens is 1. The minimum Gasteiger partial charge on any atom is -0.481 e. The Morgan fingerprint density at radius 3 is 2.51 bits per heavy atom. The molecule has 0 unspecified atom stereocenters. The molecule has 1 aliphatic rings. The molecule has 0 spiro atoms. The lowest BCUT2D eigenvalue weighted by molar-refractivity contribution is -0.134. The van der Waals surface area contributed by atoms with Crippen LogP contribution in [0.4, 0.5) is 0 Å². The lowest BCUT2D eigenvalue weighted by atomic mass is 10.0. The molecule has 5 rings (SSSR count). The summed E-state index contributed by atoms with van der Waals surface area (Å²) in [6.45, 7) is 1.08. The Hall–Kier alpha value is -2.89. The van der Waals surface area contributed by atoms with E-state index in [2.05, 4.69) is 41.1 Å². The second-order valence-corrected chi connectivity index (χ2v) is 11.0. The van der Waals surface area contributed by atoms with Gasteiger partial charge in [0, 0.05) is 33.0 Å². The maximum atomic E-state index is 10.1. The Labute approximate surface area is 221 Å². The number of pyridine rings is 1. The van der Waals surface area contributed by atoms with E-state index in [9.17, 15) is 5.26 Å². The van der Waals surface area contributed by atoms with Crippen molar-refractivity contribution in [3.63, 3.8) is 0 Å². The minimum atomic E-state index is -0.833. The number of benzene rings is 1. The van der Waals surface area contributed by atoms with Gasteiger partial charge in [-0.05, 0) is 70.6 Å². The van der Waals surface area contributed by atoms with Crippen molar-refractivity contribution in [2.75, 3.05) is 0 Å². The van der Waals surface area contributed by atoms with Crippen LogP contribution in [-0.4, -0.2) is 16.1 Å². The average Bonchev–Trinajstić information content (AvgIpc) is 3.61. The number of hydrogen-bond donors (Lipinski definition) is 1. The predicted molar refractivity (Wildman–Crippen MR) is 147 cm³/mol. The first-order valence-electron chi connectivity index (χ1n) is 10.8. The van der Waals surface area contributed by atoms with Gasteiger partial charge in [0.1, 0.15) is 11.1 Å². The van der Waals surface area contributed by atoms with Gasteiger partial charge in [-0.2, -0.15) is 5.26 Å². The van der Waals surface area contributed by atoms with Crippen LogP contribution < -0.4 is 0 Å². The zero-order valence-corrected chi connectivity index (χ0v) is 22.0. The molecule has 3 aromatic heterocycles. The Morgan fingerprint density at radius 1 is 1.17 bits per heavy atom. The average molecular weight is 537 g/mol. The first-order chi connectivity index (χ1) is 17.0. The van der Waals surface area contributed by atoms with Crippen LogP contribution in [0.15, 0.2) is 64.3 Å². The van der Waals surface area contributed by atoms with E-state index in [4.69, 9.17) is 26.5 Å². The van der Waals surface area contributed by atoms with Gasteiger partial charge < -0.3 is 5.11 Å². The van der Waals surface area contributed by atoms with Gasteiger partial charge in [-0.15, -0.1) is 34.4 Å². The highest BCUT2D eigenvalue weighted by Gasteiger charge is 2.27. The van der Waals surface area contributed by atoms with Crippen LogP contribution in [-0.2, 0) is 17.0 Å². The number of allylic oxidation sites excluding steroid dienone is 1. The number of nitrogens with zero attached hydrogens (tertiary/aromatic N) is 2. The first-order valence-corrected chi connectivity index (χ1v) is 13.9. The van der Waals surface area contributed by atoms with Gasteiger partial charge in [-0.1, -0.05) is 35.9 Å². The van der Waals surface area contributed by atoms with Gasteiger partial charge in [-0.3, -0.25) is 4.79 Å². The molecule has 176 valence electrons. The molecule has 4 aromatic rings. The topological polar surface area (TPSA) is 74.0 Å². The van der Waals surface area contributed by atoms with Crippen molar-refractivity contribution < 1.29 is 9.90 Å². The van der Waals surface area contributed by atoms with Crippen LogP contribution in [0, 0.1) is 11.3 Å². The quantitative estimate of drug-likeness (QED) is 0.260. The number of thiophene rings is 2. The molecule has 35 heavy (non-hydrogen) atoms. The lowest BCUT2D eigenvalue weighted by Gasteiger charge is -2.13. The molecule has 0 aliphatic heterocycles. The Bertz CT molecular complexity index is 1380. The van der Waals surface area contributed by atoms with Crippen LogP contribution >= 0.6 is 46.0 Å². The van der Waals surface area contributed by atoms with Gasteiger partial charge >= 0.3 is 0 Å². The smallest absolute Gasteiger partial charge is 0.300 e. The van der Waals surface area contributed by atoms with E-state index < -0.39 is 5.97 Å². The summed E-state index contributed by atoms with van der Waals surface area (Å²) in [5, 5.41) is 23.2. The molecule has 0 radical (unpaired) electrons. The fourth-order valence-corrected chi connectivity index (χ4v) is 6.36. The van der Waals surface area contributed by atoms with Crippen molar-refractivity contribution in [1.29, 1.82) is 5.26 Å². The molecule has 3 heterocycles. The summed E-state index contributed by atoms with van der Waals surface area (Å²) in [7, 11) is 0. The molecule has 1 aliphatic carbocycles. The van der Waals surface area contributed by atoms with Crippen LogP contribution in [0.3, 0.4) is 0 Å². The number of halogens is 1. The molecular formula is C27H21ClN2O2S3. The molecule has 4 nitrogen and oxygen atoms in total. The number of carboxylic acid groups (broad SMARTS) is 1. The summed E-state index contributed by atoms with van der Waals surface area (Å²) >= 11 is 11.1. The highest BCUT2D eigenvalue weighted by atomic mass is 35.5. The summed E-state index contributed by atoms with van der Waals surface area (Å²) in [4.78, 5) is 16.4. The number of fused-ring (bicyclic) bond motifs is 1. The highest BCUT2D eigenvalue weighted by Crippen LogP contribution is 2.44. The zero-order chi connectivity index (χ0) is 24.8. The third-order valence-electron chi connectivity index (χ3n) is 5.24. The van der Waals surface area contributed by atoms with Crippen molar-refractivity contribution >= 4 is 63.7 Å². The fourth-order valence-electron chi connectivity index (χ4n) is 3.81. The van der Waals surface area contributed by atoms with Crippen molar-refractivity contribution in [3.8, 4) is 16.5 Å². The molecule has 0 saturated carbocycles. The number of thioether (sulfide) groups is 1. The van der Waals surface area contributed by atoms with Crippen molar-refractivity contribution in [2.24, 2.45) is 0 Å². The number of carboxylic acids is 1. The van der Waals surface area contributed by atoms with Crippen LogP contribution in [0.5, 0.6) is 0 Å². The molecule has 0 atom stereocenters. The monoisotopic (exact) mass is 536 g/mol. The molecule has 1 N–H and O–H groups in total. The largest absolute Gasteiger partial charge is 0.481 e. The van der Waals surface area contributed by atoms with Crippen LogP contribution in [0.2, 0.25) is 5.02 Å². The van der Waals surface area contributed by atoms with Crippen LogP contribution in [0.1, 0.15) is 40.6 Å². The molecule has 0 fully saturated rings. The molecule has 8 heteroatoms. The number of nitriles is 1. The van der Waals surface area contributed by atoms with Gasteiger partial charge in [0.25, 0.3) is 5.97 Å². The van der Waals surface area contributed by atoms with E-state index in [1.807, 2.05) is 30.3 Å². The van der Waals surface area contributed by atoms with E-state index in [-0.39, 0.29) is 0 Å². The Balaban J connectivity index is 0.000000672. The second-order valence-electron chi connectivity index (χ2n) is 7.70. The first kappa shape index (κ1) is 25.2. The maximum Gasteiger partial charge on any atom is 0.300 e. The van der Waals surface area contributed by atoms with Crippen molar-refractivity contribution in [1.82, 2.24) is 4.98 Å². The van der Waals surface area contributed by atoms with Gasteiger partial charge in [-0.25, -0.2) is 4.98 Å². The minimum absolute atomic E-state index is 0.692. The van der Waals surface area contributed by atoms with Gasteiger partial charge in [0.2, 0.25) is 0 Å². The highest BCUT2D eigenvalue weighted by molar-refractivity contribution is 7.98. The second kappa shape index (κ2) is 11.7. The number of carbonyl (C=O) groups is 1. The SMILES string of the molecule is CC(=O)O.N#Cc1c(SCc2ccc(Cl)cc2)nc2c(c1-c1cccs1)CC/C2=C/c1cccs1.